The van der Waals surface area contributed by atoms with Crippen molar-refractivity contribution in [1.29, 1.82) is 5.26 Å². The zero-order valence-corrected chi connectivity index (χ0v) is 16.1. The first-order valence-electron chi connectivity index (χ1n) is 8.69. The fraction of sp³-hybridized carbons (Fsp3) is 0.238. The molecule has 0 saturated carbocycles. The molecule has 0 unspecified atom stereocenters. The number of likely N-dealkylation sites (N-methyl/N-ethyl adjacent to an activating group) is 1. The van der Waals surface area contributed by atoms with Crippen molar-refractivity contribution < 1.29 is 14.4 Å². The Balaban J connectivity index is 1.96. The van der Waals surface area contributed by atoms with Gasteiger partial charge in [-0.1, -0.05) is 12.1 Å². The van der Waals surface area contributed by atoms with Crippen LogP contribution in [0.15, 0.2) is 42.5 Å². The van der Waals surface area contributed by atoms with Crippen molar-refractivity contribution in [1.82, 2.24) is 4.90 Å². The molecule has 2 N–H and O–H groups in total. The average Bonchev–Trinajstić information content (AvgIpc) is 2.65. The van der Waals surface area contributed by atoms with Gasteiger partial charge in [0.05, 0.1) is 12.6 Å². The molecule has 0 saturated heterocycles. The van der Waals surface area contributed by atoms with Crippen LogP contribution in [0.3, 0.4) is 0 Å². The first-order valence-corrected chi connectivity index (χ1v) is 8.69. The van der Waals surface area contributed by atoms with Gasteiger partial charge in [0.25, 0.3) is 5.91 Å². The lowest BCUT2D eigenvalue weighted by Gasteiger charge is -2.18. The van der Waals surface area contributed by atoms with Gasteiger partial charge in [0.1, 0.15) is 6.42 Å². The molecule has 0 radical (unpaired) electrons. The molecule has 0 aromatic heterocycles. The number of nitrogens with zero attached hydrogens (tertiary/aromatic N) is 2. The number of amides is 3. The van der Waals surface area contributed by atoms with Crippen LogP contribution in [-0.2, 0) is 9.59 Å². The monoisotopic (exact) mass is 378 g/mol. The van der Waals surface area contributed by atoms with Gasteiger partial charge in [0, 0.05) is 24.0 Å². The van der Waals surface area contributed by atoms with Crippen molar-refractivity contribution in [2.45, 2.75) is 20.3 Å². The molecule has 144 valence electrons. The van der Waals surface area contributed by atoms with Gasteiger partial charge in [0.15, 0.2) is 0 Å². The molecule has 0 spiro atoms. The van der Waals surface area contributed by atoms with Gasteiger partial charge in [0.2, 0.25) is 11.8 Å². The third-order valence-corrected chi connectivity index (χ3v) is 4.05. The SMILES string of the molecule is Cc1ccc(C)c(NC(=O)CN(C)C(=O)c2ccc(NC(=O)CC#N)cc2)c1. The van der Waals surface area contributed by atoms with Crippen LogP contribution < -0.4 is 10.6 Å². The van der Waals surface area contributed by atoms with Crippen molar-refractivity contribution in [3.05, 3.63) is 59.2 Å². The van der Waals surface area contributed by atoms with E-state index in [-0.39, 0.29) is 24.8 Å². The number of hydrogen-bond acceptors (Lipinski definition) is 4. The Bertz CT molecular complexity index is 930. The molecule has 28 heavy (non-hydrogen) atoms. The maximum Gasteiger partial charge on any atom is 0.254 e. The summed E-state index contributed by atoms with van der Waals surface area (Å²) in [4.78, 5) is 37.5. The number of hydrogen-bond donors (Lipinski definition) is 2. The van der Waals surface area contributed by atoms with Crippen molar-refractivity contribution in [2.24, 2.45) is 0 Å². The summed E-state index contributed by atoms with van der Waals surface area (Å²) in [7, 11) is 1.55. The number of nitriles is 1. The third-order valence-electron chi connectivity index (χ3n) is 4.05. The number of anilines is 2. The molecule has 0 aliphatic heterocycles. The average molecular weight is 378 g/mol. The second-order valence-electron chi connectivity index (χ2n) is 6.49. The smallest absolute Gasteiger partial charge is 0.254 e. The van der Waals surface area contributed by atoms with Crippen LogP contribution in [0.5, 0.6) is 0 Å². The van der Waals surface area contributed by atoms with Gasteiger partial charge in [-0.25, -0.2) is 0 Å². The van der Waals surface area contributed by atoms with E-state index in [1.54, 1.807) is 37.4 Å². The largest absolute Gasteiger partial charge is 0.332 e. The van der Waals surface area contributed by atoms with Crippen LogP contribution >= 0.6 is 0 Å². The van der Waals surface area contributed by atoms with E-state index in [9.17, 15) is 14.4 Å². The lowest BCUT2D eigenvalue weighted by Crippen LogP contribution is -2.35. The highest BCUT2D eigenvalue weighted by molar-refractivity contribution is 6.00. The number of carbonyl (C=O) groups is 3. The predicted octanol–water partition coefficient (Wildman–Crippen LogP) is 2.87. The number of benzene rings is 2. The summed E-state index contributed by atoms with van der Waals surface area (Å²) in [5.41, 5.74) is 3.59. The highest BCUT2D eigenvalue weighted by Crippen LogP contribution is 2.16. The van der Waals surface area contributed by atoms with Gasteiger partial charge in [-0.3, -0.25) is 14.4 Å². The topological polar surface area (TPSA) is 102 Å². The van der Waals surface area contributed by atoms with Gasteiger partial charge in [-0.05, 0) is 55.3 Å². The molecular formula is C21H22N4O3. The van der Waals surface area contributed by atoms with Crippen LogP contribution in [0.25, 0.3) is 0 Å². The summed E-state index contributed by atoms with van der Waals surface area (Å²) < 4.78 is 0. The van der Waals surface area contributed by atoms with Crippen LogP contribution in [0.4, 0.5) is 11.4 Å². The Morgan fingerprint density at radius 3 is 2.32 bits per heavy atom. The number of carbonyl (C=O) groups excluding carboxylic acids is 3. The van der Waals surface area contributed by atoms with E-state index in [1.807, 2.05) is 32.0 Å². The van der Waals surface area contributed by atoms with Crippen LogP contribution in [0, 0.1) is 25.2 Å². The maximum atomic E-state index is 12.5. The van der Waals surface area contributed by atoms with Gasteiger partial charge in [-0.2, -0.15) is 5.26 Å². The second-order valence-corrected chi connectivity index (χ2v) is 6.49. The van der Waals surface area contributed by atoms with Crippen molar-refractivity contribution in [3.8, 4) is 6.07 Å². The molecule has 0 atom stereocenters. The molecule has 0 aliphatic carbocycles. The first-order chi connectivity index (χ1) is 13.3. The molecule has 0 fully saturated rings. The molecule has 2 aromatic carbocycles. The van der Waals surface area contributed by atoms with Crippen LogP contribution in [0.2, 0.25) is 0 Å². The minimum atomic E-state index is -0.415. The number of rotatable bonds is 6. The van der Waals surface area contributed by atoms with Crippen molar-refractivity contribution in [3.63, 3.8) is 0 Å². The molecular weight excluding hydrogens is 356 g/mol. The third kappa shape index (κ3) is 5.68. The summed E-state index contributed by atoms with van der Waals surface area (Å²) in [6, 6.07) is 13.8. The number of aryl methyl sites for hydroxylation is 2. The summed E-state index contributed by atoms with van der Waals surface area (Å²) in [5, 5.41) is 13.9. The van der Waals surface area contributed by atoms with E-state index < -0.39 is 5.91 Å². The summed E-state index contributed by atoms with van der Waals surface area (Å²) in [5.74, 6) is -1.02. The Hall–Kier alpha value is -3.66. The molecule has 7 nitrogen and oxygen atoms in total. The van der Waals surface area contributed by atoms with Crippen molar-refractivity contribution >= 4 is 29.1 Å². The number of nitrogens with one attached hydrogen (secondary N) is 2. The van der Waals surface area contributed by atoms with Crippen LogP contribution in [0.1, 0.15) is 27.9 Å². The van der Waals surface area contributed by atoms with E-state index >= 15 is 0 Å². The zero-order valence-electron chi connectivity index (χ0n) is 16.1. The summed E-state index contributed by atoms with van der Waals surface area (Å²) >= 11 is 0. The summed E-state index contributed by atoms with van der Waals surface area (Å²) in [6.45, 7) is 3.75. The first kappa shape index (κ1) is 20.6. The van der Waals surface area contributed by atoms with E-state index in [0.29, 0.717) is 11.3 Å². The molecule has 0 aliphatic rings. The molecule has 2 aromatic rings. The van der Waals surface area contributed by atoms with Crippen LogP contribution in [-0.4, -0.2) is 36.2 Å². The Morgan fingerprint density at radius 2 is 1.68 bits per heavy atom. The molecule has 7 heteroatoms. The molecule has 3 amide bonds. The Morgan fingerprint density at radius 1 is 1.00 bits per heavy atom. The molecule has 2 rings (SSSR count). The predicted molar refractivity (Wildman–Crippen MR) is 107 cm³/mol. The van der Waals surface area contributed by atoms with Crippen molar-refractivity contribution in [2.75, 3.05) is 24.2 Å². The fourth-order valence-corrected chi connectivity index (χ4v) is 2.54. The minimum Gasteiger partial charge on any atom is -0.332 e. The minimum absolute atomic E-state index is 0.0904. The van der Waals surface area contributed by atoms with Gasteiger partial charge >= 0.3 is 0 Å². The molecule has 0 bridgehead atoms. The lowest BCUT2D eigenvalue weighted by atomic mass is 10.1. The van der Waals surface area contributed by atoms with E-state index in [2.05, 4.69) is 10.6 Å². The quantitative estimate of drug-likeness (QED) is 0.807. The summed E-state index contributed by atoms with van der Waals surface area (Å²) in [6.07, 6.45) is -0.237. The van der Waals surface area contributed by atoms with E-state index in [4.69, 9.17) is 5.26 Å². The van der Waals surface area contributed by atoms with E-state index in [1.165, 1.54) is 4.90 Å². The maximum absolute atomic E-state index is 12.5. The Kier molecular flexibility index (Phi) is 6.88. The highest BCUT2D eigenvalue weighted by atomic mass is 16.2. The molecule has 0 heterocycles. The lowest BCUT2D eigenvalue weighted by molar-refractivity contribution is -0.117. The van der Waals surface area contributed by atoms with Gasteiger partial charge < -0.3 is 15.5 Å². The second kappa shape index (κ2) is 9.33. The highest BCUT2D eigenvalue weighted by Gasteiger charge is 2.16. The standard InChI is InChI=1S/C21H22N4O3/c1-14-4-5-15(2)18(12-14)24-20(27)13-25(3)21(28)16-6-8-17(9-7-16)23-19(26)10-11-22/h4-9,12H,10,13H2,1-3H3,(H,23,26)(H,24,27). The fourth-order valence-electron chi connectivity index (χ4n) is 2.54. The van der Waals surface area contributed by atoms with E-state index in [0.717, 1.165) is 16.8 Å². The zero-order chi connectivity index (χ0) is 20.7. The van der Waals surface area contributed by atoms with Gasteiger partial charge in [-0.15, -0.1) is 0 Å². The normalized spacial score (nSPS) is 9.93. The Labute approximate surface area is 164 Å².